The summed E-state index contributed by atoms with van der Waals surface area (Å²) in [6.45, 7) is 1.27. The minimum absolute atomic E-state index is 0.301. The van der Waals surface area contributed by atoms with E-state index < -0.39 is 0 Å². The van der Waals surface area contributed by atoms with Crippen LogP contribution in [0.1, 0.15) is 5.56 Å². The summed E-state index contributed by atoms with van der Waals surface area (Å²) >= 11 is 7.08. The Hall–Kier alpha value is -0.420. The van der Waals surface area contributed by atoms with Crippen molar-refractivity contribution in [2.75, 3.05) is 18.7 Å². The fourth-order valence-electron chi connectivity index (χ4n) is 1.83. The lowest BCUT2D eigenvalue weighted by Gasteiger charge is -2.09. The van der Waals surface area contributed by atoms with Crippen molar-refractivity contribution in [2.45, 2.75) is 6.42 Å². The molecule has 0 spiro atoms. The number of rotatable bonds is 0. The van der Waals surface area contributed by atoms with Gasteiger partial charge in [0.15, 0.2) is 11.5 Å². The van der Waals surface area contributed by atoms with E-state index in [2.05, 4.69) is 37.2 Å². The van der Waals surface area contributed by atoms with Gasteiger partial charge in [-0.05, 0) is 43.8 Å². The summed E-state index contributed by atoms with van der Waals surface area (Å²) in [5, 5.41) is 3.33. The van der Waals surface area contributed by atoms with Crippen LogP contribution in [-0.4, -0.2) is 13.3 Å². The molecule has 5 heteroatoms. The normalized spacial score (nSPS) is 16.7. The van der Waals surface area contributed by atoms with Crippen LogP contribution in [0.15, 0.2) is 8.95 Å². The fourth-order valence-corrected chi connectivity index (χ4v) is 3.19. The van der Waals surface area contributed by atoms with Gasteiger partial charge in [0.25, 0.3) is 0 Å². The highest BCUT2D eigenvalue weighted by molar-refractivity contribution is 9.11. The van der Waals surface area contributed by atoms with Crippen molar-refractivity contribution in [1.82, 2.24) is 0 Å². The summed E-state index contributed by atoms with van der Waals surface area (Å²) in [5.74, 6) is 1.62. The van der Waals surface area contributed by atoms with Gasteiger partial charge in [0.05, 0.1) is 14.6 Å². The molecule has 1 aromatic rings. The topological polar surface area (TPSA) is 30.5 Å². The molecule has 0 saturated heterocycles. The summed E-state index contributed by atoms with van der Waals surface area (Å²) in [4.78, 5) is 0. The summed E-state index contributed by atoms with van der Waals surface area (Å²) in [6.07, 6.45) is 1.02. The predicted octanol–water partition coefficient (Wildman–Crippen LogP) is 2.91. The fraction of sp³-hybridized carbons (Fsp3) is 0.333. The van der Waals surface area contributed by atoms with Crippen LogP contribution >= 0.6 is 31.9 Å². The lowest BCUT2D eigenvalue weighted by atomic mass is 10.1. The van der Waals surface area contributed by atoms with Crippen molar-refractivity contribution >= 4 is 37.5 Å². The standard InChI is InChI=1S/C9H7Br2NO2/c10-5-4-1-2-12-7(4)6(11)9-8(5)13-3-14-9/h12H,1-3H2. The first-order valence-electron chi connectivity index (χ1n) is 4.32. The van der Waals surface area contributed by atoms with Gasteiger partial charge in [0.2, 0.25) is 6.79 Å². The number of fused-ring (bicyclic) bond motifs is 2. The molecule has 0 radical (unpaired) electrons. The van der Waals surface area contributed by atoms with E-state index in [1.54, 1.807) is 0 Å². The maximum Gasteiger partial charge on any atom is 0.231 e. The van der Waals surface area contributed by atoms with E-state index >= 15 is 0 Å². The van der Waals surface area contributed by atoms with Crippen molar-refractivity contribution in [1.29, 1.82) is 0 Å². The number of halogens is 2. The van der Waals surface area contributed by atoms with Crippen LogP contribution in [0.25, 0.3) is 0 Å². The molecule has 2 aliphatic rings. The van der Waals surface area contributed by atoms with E-state index in [4.69, 9.17) is 9.47 Å². The quantitative estimate of drug-likeness (QED) is 0.797. The Kier molecular flexibility index (Phi) is 1.92. The van der Waals surface area contributed by atoms with Gasteiger partial charge in [0.1, 0.15) is 0 Å². The lowest BCUT2D eigenvalue weighted by molar-refractivity contribution is 0.173. The van der Waals surface area contributed by atoms with Gasteiger partial charge in [-0.2, -0.15) is 0 Å². The molecular weight excluding hydrogens is 314 g/mol. The minimum atomic E-state index is 0.301. The molecule has 1 aromatic carbocycles. The van der Waals surface area contributed by atoms with E-state index in [1.807, 2.05) is 0 Å². The average Bonchev–Trinajstić information content (AvgIpc) is 2.82. The van der Waals surface area contributed by atoms with Crippen molar-refractivity contribution in [3.8, 4) is 11.5 Å². The smallest absolute Gasteiger partial charge is 0.231 e. The van der Waals surface area contributed by atoms with Gasteiger partial charge in [-0.25, -0.2) is 0 Å². The predicted molar refractivity (Wildman–Crippen MR) is 60.2 cm³/mol. The monoisotopic (exact) mass is 319 g/mol. The van der Waals surface area contributed by atoms with Gasteiger partial charge in [-0.15, -0.1) is 0 Å². The maximum absolute atomic E-state index is 5.41. The van der Waals surface area contributed by atoms with Crippen molar-refractivity contribution < 1.29 is 9.47 Å². The molecule has 2 heterocycles. The summed E-state index contributed by atoms with van der Waals surface area (Å²) in [7, 11) is 0. The first-order valence-corrected chi connectivity index (χ1v) is 5.91. The Bertz CT molecular complexity index is 348. The van der Waals surface area contributed by atoms with Gasteiger partial charge >= 0.3 is 0 Å². The van der Waals surface area contributed by atoms with E-state index in [-0.39, 0.29) is 0 Å². The van der Waals surface area contributed by atoms with E-state index in [1.165, 1.54) is 5.56 Å². The molecule has 14 heavy (non-hydrogen) atoms. The summed E-state index contributed by atoms with van der Waals surface area (Å²) < 4.78 is 12.8. The zero-order valence-corrected chi connectivity index (χ0v) is 10.4. The van der Waals surface area contributed by atoms with Crippen molar-refractivity contribution in [3.63, 3.8) is 0 Å². The van der Waals surface area contributed by atoms with Crippen molar-refractivity contribution in [2.24, 2.45) is 0 Å². The third-order valence-corrected chi connectivity index (χ3v) is 4.07. The Balaban J connectivity index is 2.33. The number of hydrogen-bond donors (Lipinski definition) is 1. The van der Waals surface area contributed by atoms with Crippen molar-refractivity contribution in [3.05, 3.63) is 14.5 Å². The second-order valence-electron chi connectivity index (χ2n) is 3.22. The van der Waals surface area contributed by atoms with Gasteiger partial charge < -0.3 is 14.8 Å². The van der Waals surface area contributed by atoms with Crippen LogP contribution in [0.2, 0.25) is 0 Å². The molecule has 0 bridgehead atoms. The zero-order valence-electron chi connectivity index (χ0n) is 7.19. The highest BCUT2D eigenvalue weighted by Gasteiger charge is 2.29. The first-order chi connectivity index (χ1) is 6.79. The third kappa shape index (κ3) is 1.02. The number of benzene rings is 1. The van der Waals surface area contributed by atoms with Gasteiger partial charge in [-0.1, -0.05) is 0 Å². The number of hydrogen-bond acceptors (Lipinski definition) is 3. The van der Waals surface area contributed by atoms with E-state index in [9.17, 15) is 0 Å². The average molecular weight is 321 g/mol. The van der Waals surface area contributed by atoms with Crippen LogP contribution in [0.4, 0.5) is 5.69 Å². The lowest BCUT2D eigenvalue weighted by Crippen LogP contribution is -1.94. The molecule has 3 nitrogen and oxygen atoms in total. The number of ether oxygens (including phenoxy) is 2. The number of nitrogens with one attached hydrogen (secondary N) is 1. The molecule has 3 rings (SSSR count). The van der Waals surface area contributed by atoms with Crippen LogP contribution < -0.4 is 14.8 Å². The molecule has 0 aliphatic carbocycles. The zero-order chi connectivity index (χ0) is 9.71. The van der Waals surface area contributed by atoms with Gasteiger partial charge in [0, 0.05) is 6.54 Å². The Morgan fingerprint density at radius 2 is 1.79 bits per heavy atom. The molecule has 0 saturated carbocycles. The molecule has 0 unspecified atom stereocenters. The summed E-state index contributed by atoms with van der Waals surface area (Å²) in [5.41, 5.74) is 2.39. The molecule has 74 valence electrons. The molecule has 0 fully saturated rings. The molecule has 2 aliphatic heterocycles. The van der Waals surface area contributed by atoms with Crippen LogP contribution in [0.5, 0.6) is 11.5 Å². The largest absolute Gasteiger partial charge is 0.452 e. The maximum atomic E-state index is 5.41. The van der Waals surface area contributed by atoms with Crippen LogP contribution in [-0.2, 0) is 6.42 Å². The SMILES string of the molecule is Brc1c2c(c(Br)c3c1OCO3)NCC2. The Morgan fingerprint density at radius 3 is 2.57 bits per heavy atom. The minimum Gasteiger partial charge on any atom is -0.452 e. The Labute approximate surface area is 98.0 Å². The second kappa shape index (κ2) is 3.03. The van der Waals surface area contributed by atoms with Crippen LogP contribution in [0, 0.1) is 0 Å². The molecule has 0 amide bonds. The molecular formula is C9H7Br2NO2. The van der Waals surface area contributed by atoms with Gasteiger partial charge in [-0.3, -0.25) is 0 Å². The van der Waals surface area contributed by atoms with Crippen LogP contribution in [0.3, 0.4) is 0 Å². The third-order valence-electron chi connectivity index (χ3n) is 2.47. The Morgan fingerprint density at radius 1 is 1.07 bits per heavy atom. The van der Waals surface area contributed by atoms with E-state index in [0.29, 0.717) is 6.79 Å². The first kappa shape index (κ1) is 8.85. The molecule has 0 aromatic heterocycles. The number of anilines is 1. The summed E-state index contributed by atoms with van der Waals surface area (Å²) in [6, 6.07) is 0. The molecule has 0 atom stereocenters. The highest BCUT2D eigenvalue weighted by atomic mass is 79.9. The highest BCUT2D eigenvalue weighted by Crippen LogP contribution is 2.52. The molecule has 1 N–H and O–H groups in total. The van der Waals surface area contributed by atoms with E-state index in [0.717, 1.165) is 39.1 Å². The second-order valence-corrected chi connectivity index (χ2v) is 4.81.